The van der Waals surface area contributed by atoms with Crippen LogP contribution in [0.2, 0.25) is 5.02 Å². The summed E-state index contributed by atoms with van der Waals surface area (Å²) in [4.78, 5) is 26.5. The van der Waals surface area contributed by atoms with Gasteiger partial charge in [-0.3, -0.25) is 25.5 Å². The van der Waals surface area contributed by atoms with Crippen LogP contribution in [-0.4, -0.2) is 27.0 Å². The van der Waals surface area contributed by atoms with Crippen molar-refractivity contribution in [3.63, 3.8) is 0 Å². The molecule has 3 rings (SSSR count). The van der Waals surface area contributed by atoms with E-state index >= 15 is 0 Å². The monoisotopic (exact) mass is 329 g/mol. The van der Waals surface area contributed by atoms with E-state index in [1.165, 1.54) is 0 Å². The Morgan fingerprint density at radius 2 is 1.74 bits per heavy atom. The van der Waals surface area contributed by atoms with Gasteiger partial charge in [0.2, 0.25) is 0 Å². The van der Waals surface area contributed by atoms with Gasteiger partial charge in [0.25, 0.3) is 11.8 Å². The zero-order valence-electron chi connectivity index (χ0n) is 11.8. The lowest BCUT2D eigenvalue weighted by Gasteiger charge is -2.04. The molecule has 0 unspecified atom stereocenters. The van der Waals surface area contributed by atoms with Gasteiger partial charge in [-0.25, -0.2) is 0 Å². The van der Waals surface area contributed by atoms with Crippen LogP contribution in [-0.2, 0) is 0 Å². The number of aromatic amines is 2. The van der Waals surface area contributed by atoms with Crippen LogP contribution in [0.4, 0.5) is 0 Å². The van der Waals surface area contributed by atoms with Gasteiger partial charge in [-0.1, -0.05) is 29.8 Å². The van der Waals surface area contributed by atoms with E-state index in [4.69, 9.17) is 11.6 Å². The van der Waals surface area contributed by atoms with E-state index in [-0.39, 0.29) is 5.69 Å². The third kappa shape index (κ3) is 3.24. The minimum absolute atomic E-state index is 0.201. The molecule has 4 N–H and O–H groups in total. The Hall–Kier alpha value is -3.06. The largest absolute Gasteiger partial charge is 0.357 e. The number of hydrogen-bond donors (Lipinski definition) is 4. The standard InChI is InChI=1S/C15H12ClN5O2/c16-10-5-2-1-4-9(10)12-8-13(19-18-12)15(23)21-20-14(22)11-6-3-7-17-11/h1-8,17H,(H,18,19)(H,20,22)(H,21,23). The Bertz CT molecular complexity index is 841. The van der Waals surface area contributed by atoms with Crippen molar-refractivity contribution in [3.05, 3.63) is 65.1 Å². The molecule has 0 aliphatic rings. The summed E-state index contributed by atoms with van der Waals surface area (Å²) in [5.74, 6) is -0.968. The summed E-state index contributed by atoms with van der Waals surface area (Å²) in [6, 6.07) is 12.0. The maximum Gasteiger partial charge on any atom is 0.287 e. The van der Waals surface area contributed by atoms with E-state index in [0.29, 0.717) is 22.0 Å². The predicted molar refractivity (Wildman–Crippen MR) is 84.8 cm³/mol. The fourth-order valence-corrected chi connectivity index (χ4v) is 2.20. The highest BCUT2D eigenvalue weighted by Crippen LogP contribution is 2.26. The van der Waals surface area contributed by atoms with Crippen molar-refractivity contribution in [2.45, 2.75) is 0 Å². The predicted octanol–water partition coefficient (Wildman–Crippen LogP) is 2.13. The number of carbonyl (C=O) groups excluding carboxylic acids is 2. The Morgan fingerprint density at radius 1 is 1.00 bits per heavy atom. The van der Waals surface area contributed by atoms with Crippen molar-refractivity contribution in [2.24, 2.45) is 0 Å². The van der Waals surface area contributed by atoms with Gasteiger partial charge >= 0.3 is 0 Å². The van der Waals surface area contributed by atoms with Crippen LogP contribution in [0.3, 0.4) is 0 Å². The van der Waals surface area contributed by atoms with E-state index in [0.717, 1.165) is 0 Å². The van der Waals surface area contributed by atoms with E-state index in [9.17, 15) is 9.59 Å². The maximum absolute atomic E-state index is 12.0. The second-order valence-electron chi connectivity index (χ2n) is 4.64. The molecule has 0 bridgehead atoms. The topological polar surface area (TPSA) is 103 Å². The molecule has 3 aromatic rings. The molecule has 1 aromatic carbocycles. The lowest BCUT2D eigenvalue weighted by molar-refractivity contribution is 0.0841. The Labute approximate surface area is 136 Å². The number of amides is 2. The van der Waals surface area contributed by atoms with Gasteiger partial charge in [0.1, 0.15) is 11.4 Å². The lowest BCUT2D eigenvalue weighted by Crippen LogP contribution is -2.41. The molecule has 0 saturated heterocycles. The quantitative estimate of drug-likeness (QED) is 0.553. The van der Waals surface area contributed by atoms with Crippen LogP contribution in [0.1, 0.15) is 21.0 Å². The SMILES string of the molecule is O=C(NNC(=O)c1cc(-c2ccccc2Cl)n[nH]1)c1ccc[nH]1. The molecule has 0 atom stereocenters. The van der Waals surface area contributed by atoms with Crippen molar-refractivity contribution in [2.75, 3.05) is 0 Å². The number of benzene rings is 1. The van der Waals surface area contributed by atoms with Gasteiger partial charge < -0.3 is 4.98 Å². The molecule has 23 heavy (non-hydrogen) atoms. The third-order valence-electron chi connectivity index (χ3n) is 3.10. The van der Waals surface area contributed by atoms with Gasteiger partial charge in [0.05, 0.1) is 10.7 Å². The van der Waals surface area contributed by atoms with Crippen LogP contribution in [0.15, 0.2) is 48.7 Å². The van der Waals surface area contributed by atoms with E-state index < -0.39 is 11.8 Å². The summed E-state index contributed by atoms with van der Waals surface area (Å²) in [6.07, 6.45) is 1.61. The molecule has 0 fully saturated rings. The van der Waals surface area contributed by atoms with Gasteiger partial charge in [-0.2, -0.15) is 5.10 Å². The van der Waals surface area contributed by atoms with E-state index in [2.05, 4.69) is 26.0 Å². The van der Waals surface area contributed by atoms with E-state index in [1.54, 1.807) is 36.5 Å². The minimum Gasteiger partial charge on any atom is -0.357 e. The number of hydrogen-bond acceptors (Lipinski definition) is 3. The molecular weight excluding hydrogens is 318 g/mol. The highest BCUT2D eigenvalue weighted by Gasteiger charge is 2.14. The molecule has 2 heterocycles. The molecule has 8 heteroatoms. The Kier molecular flexibility index (Phi) is 4.11. The smallest absolute Gasteiger partial charge is 0.287 e. The third-order valence-corrected chi connectivity index (χ3v) is 3.43. The first-order valence-corrected chi connectivity index (χ1v) is 7.07. The second-order valence-corrected chi connectivity index (χ2v) is 5.05. The first-order valence-electron chi connectivity index (χ1n) is 6.69. The van der Waals surface area contributed by atoms with Crippen LogP contribution in [0.25, 0.3) is 11.3 Å². The first-order chi connectivity index (χ1) is 11.1. The number of H-pyrrole nitrogens is 2. The zero-order chi connectivity index (χ0) is 16.2. The van der Waals surface area contributed by atoms with E-state index in [1.807, 2.05) is 12.1 Å². The molecule has 7 nitrogen and oxygen atoms in total. The molecule has 116 valence electrons. The average molecular weight is 330 g/mol. The Morgan fingerprint density at radius 3 is 2.43 bits per heavy atom. The van der Waals surface area contributed by atoms with Crippen LogP contribution in [0.5, 0.6) is 0 Å². The van der Waals surface area contributed by atoms with Crippen LogP contribution in [0, 0.1) is 0 Å². The summed E-state index contributed by atoms with van der Waals surface area (Å²) < 4.78 is 0. The summed E-state index contributed by atoms with van der Waals surface area (Å²) in [5, 5.41) is 7.20. The van der Waals surface area contributed by atoms with Crippen LogP contribution >= 0.6 is 11.6 Å². The fraction of sp³-hybridized carbons (Fsp3) is 0. The average Bonchev–Trinajstić information content (AvgIpc) is 3.24. The van der Waals surface area contributed by atoms with Crippen molar-refractivity contribution < 1.29 is 9.59 Å². The number of aromatic nitrogens is 3. The maximum atomic E-state index is 12.0. The van der Waals surface area contributed by atoms with Crippen molar-refractivity contribution >= 4 is 23.4 Å². The van der Waals surface area contributed by atoms with Crippen molar-refractivity contribution in [1.29, 1.82) is 0 Å². The van der Waals surface area contributed by atoms with Gasteiger partial charge in [-0.15, -0.1) is 0 Å². The molecular formula is C15H12ClN5O2. The van der Waals surface area contributed by atoms with Gasteiger partial charge in [0, 0.05) is 11.8 Å². The van der Waals surface area contributed by atoms with Crippen LogP contribution < -0.4 is 10.9 Å². The molecule has 0 aliphatic carbocycles. The number of hydrazine groups is 1. The minimum atomic E-state index is -0.518. The molecule has 0 aliphatic heterocycles. The van der Waals surface area contributed by atoms with Crippen molar-refractivity contribution in [3.8, 4) is 11.3 Å². The normalized spacial score (nSPS) is 10.3. The summed E-state index contributed by atoms with van der Waals surface area (Å²) >= 11 is 6.09. The zero-order valence-corrected chi connectivity index (χ0v) is 12.5. The summed E-state index contributed by atoms with van der Waals surface area (Å²) in [7, 11) is 0. The number of nitrogens with one attached hydrogen (secondary N) is 4. The van der Waals surface area contributed by atoms with Gasteiger partial charge in [-0.05, 0) is 24.3 Å². The lowest BCUT2D eigenvalue weighted by atomic mass is 10.1. The molecule has 2 aromatic heterocycles. The van der Waals surface area contributed by atoms with Gasteiger partial charge in [0.15, 0.2) is 0 Å². The highest BCUT2D eigenvalue weighted by molar-refractivity contribution is 6.33. The number of rotatable bonds is 3. The molecule has 0 spiro atoms. The second kappa shape index (κ2) is 6.37. The number of nitrogens with zero attached hydrogens (tertiary/aromatic N) is 1. The summed E-state index contributed by atoms with van der Waals surface area (Å²) in [6.45, 7) is 0. The summed E-state index contributed by atoms with van der Waals surface area (Å²) in [5.41, 5.74) is 6.39. The highest BCUT2D eigenvalue weighted by atomic mass is 35.5. The molecule has 0 saturated carbocycles. The fourth-order valence-electron chi connectivity index (χ4n) is 1.96. The van der Waals surface area contributed by atoms with Crippen molar-refractivity contribution in [1.82, 2.24) is 26.0 Å². The number of carbonyl (C=O) groups is 2. The molecule has 0 radical (unpaired) electrons. The Balaban J connectivity index is 1.67. The number of halogens is 1. The molecule has 2 amide bonds. The first kappa shape index (κ1) is 14.9.